The zero-order valence-electron chi connectivity index (χ0n) is 8.27. The van der Waals surface area contributed by atoms with Crippen LogP contribution >= 0.6 is 0 Å². The molecular formula is C10H20N2. The second-order valence-electron chi connectivity index (χ2n) is 4.57. The van der Waals surface area contributed by atoms with E-state index in [1.807, 2.05) is 0 Å². The molecule has 1 saturated heterocycles. The number of rotatable bonds is 2. The Hall–Kier alpha value is -0.0800. The first-order valence-electron chi connectivity index (χ1n) is 5.17. The van der Waals surface area contributed by atoms with Crippen molar-refractivity contribution in [1.29, 1.82) is 0 Å². The van der Waals surface area contributed by atoms with Crippen LogP contribution < -0.4 is 5.32 Å². The lowest BCUT2D eigenvalue weighted by atomic mass is 10.0. The van der Waals surface area contributed by atoms with E-state index >= 15 is 0 Å². The highest BCUT2D eigenvalue weighted by molar-refractivity contribution is 5.01. The van der Waals surface area contributed by atoms with Crippen LogP contribution in [0.3, 0.4) is 0 Å². The van der Waals surface area contributed by atoms with Crippen LogP contribution in [0, 0.1) is 0 Å². The maximum Gasteiger partial charge on any atom is 0.0192 e. The average Bonchev–Trinajstić information content (AvgIpc) is 2.85. The number of likely N-dealkylation sites (N-methyl/N-ethyl adjacent to an activating group) is 1. The van der Waals surface area contributed by atoms with Crippen LogP contribution in [0.25, 0.3) is 0 Å². The fourth-order valence-electron chi connectivity index (χ4n) is 2.20. The van der Waals surface area contributed by atoms with Crippen molar-refractivity contribution < 1.29 is 0 Å². The minimum Gasteiger partial charge on any atom is -0.316 e. The van der Waals surface area contributed by atoms with Gasteiger partial charge in [0.15, 0.2) is 0 Å². The van der Waals surface area contributed by atoms with Crippen LogP contribution in [-0.2, 0) is 0 Å². The summed E-state index contributed by atoms with van der Waals surface area (Å²) in [6, 6.07) is 0.746. The Kier molecular flexibility index (Phi) is 2.13. The van der Waals surface area contributed by atoms with Gasteiger partial charge in [-0.25, -0.2) is 0 Å². The lowest BCUT2D eigenvalue weighted by Gasteiger charge is -2.37. The summed E-state index contributed by atoms with van der Waals surface area (Å²) in [5.41, 5.74) is 0.593. The number of hydrogen-bond donors (Lipinski definition) is 1. The molecule has 1 aliphatic heterocycles. The first-order valence-corrected chi connectivity index (χ1v) is 5.17. The van der Waals surface area contributed by atoms with E-state index in [4.69, 9.17) is 0 Å². The SMILES string of the molecule is CNC1CCCN(C2(C)CC2)C1. The smallest absolute Gasteiger partial charge is 0.0192 e. The summed E-state index contributed by atoms with van der Waals surface area (Å²) in [4.78, 5) is 2.68. The largest absolute Gasteiger partial charge is 0.316 e. The second-order valence-corrected chi connectivity index (χ2v) is 4.57. The third kappa shape index (κ3) is 1.50. The highest BCUT2D eigenvalue weighted by Gasteiger charge is 2.44. The molecule has 0 radical (unpaired) electrons. The Morgan fingerprint density at radius 1 is 1.42 bits per heavy atom. The van der Waals surface area contributed by atoms with Gasteiger partial charge in [0.1, 0.15) is 0 Å². The van der Waals surface area contributed by atoms with Gasteiger partial charge in [-0.05, 0) is 46.2 Å². The molecule has 0 amide bonds. The highest BCUT2D eigenvalue weighted by atomic mass is 15.2. The molecule has 2 rings (SSSR count). The molecule has 0 aromatic rings. The van der Waals surface area contributed by atoms with Crippen LogP contribution in [0.4, 0.5) is 0 Å². The normalized spacial score (nSPS) is 35.0. The number of hydrogen-bond acceptors (Lipinski definition) is 2. The van der Waals surface area contributed by atoms with Crippen LogP contribution in [0.1, 0.15) is 32.6 Å². The zero-order valence-corrected chi connectivity index (χ0v) is 8.27. The highest BCUT2D eigenvalue weighted by Crippen LogP contribution is 2.42. The number of piperidine rings is 1. The maximum atomic E-state index is 3.39. The van der Waals surface area contributed by atoms with E-state index < -0.39 is 0 Å². The van der Waals surface area contributed by atoms with Gasteiger partial charge in [-0.15, -0.1) is 0 Å². The lowest BCUT2D eigenvalue weighted by molar-refractivity contribution is 0.134. The van der Waals surface area contributed by atoms with Crippen molar-refractivity contribution in [1.82, 2.24) is 10.2 Å². The first kappa shape index (κ1) is 8.52. The van der Waals surface area contributed by atoms with Crippen molar-refractivity contribution in [3.63, 3.8) is 0 Å². The predicted octanol–water partition coefficient (Wildman–Crippen LogP) is 1.22. The summed E-state index contributed by atoms with van der Waals surface area (Å²) >= 11 is 0. The Labute approximate surface area is 75.3 Å². The number of likely N-dealkylation sites (tertiary alicyclic amines) is 1. The van der Waals surface area contributed by atoms with E-state index in [2.05, 4.69) is 24.2 Å². The molecule has 0 aromatic heterocycles. The molecule has 2 fully saturated rings. The van der Waals surface area contributed by atoms with Crippen LogP contribution in [0.15, 0.2) is 0 Å². The van der Waals surface area contributed by atoms with Gasteiger partial charge in [0, 0.05) is 18.1 Å². The summed E-state index contributed by atoms with van der Waals surface area (Å²) in [6.45, 7) is 5.01. The molecule has 2 nitrogen and oxygen atoms in total. The van der Waals surface area contributed by atoms with E-state index in [0.717, 1.165) is 6.04 Å². The number of nitrogens with one attached hydrogen (secondary N) is 1. The molecule has 0 bridgehead atoms. The van der Waals surface area contributed by atoms with Gasteiger partial charge in [0.05, 0.1) is 0 Å². The van der Waals surface area contributed by atoms with Gasteiger partial charge in [-0.2, -0.15) is 0 Å². The summed E-state index contributed by atoms with van der Waals surface area (Å²) in [7, 11) is 2.09. The molecule has 1 saturated carbocycles. The molecule has 1 unspecified atom stereocenters. The third-order valence-corrected chi connectivity index (χ3v) is 3.57. The Morgan fingerprint density at radius 2 is 2.17 bits per heavy atom. The lowest BCUT2D eigenvalue weighted by Crippen LogP contribution is -2.48. The van der Waals surface area contributed by atoms with Crippen molar-refractivity contribution >= 4 is 0 Å². The fourth-order valence-corrected chi connectivity index (χ4v) is 2.20. The molecule has 2 heteroatoms. The minimum atomic E-state index is 0.593. The zero-order chi connectivity index (χ0) is 8.60. The Bertz CT molecular complexity index is 163. The molecule has 1 atom stereocenters. The van der Waals surface area contributed by atoms with Crippen molar-refractivity contribution in [2.24, 2.45) is 0 Å². The van der Waals surface area contributed by atoms with Crippen LogP contribution in [0.5, 0.6) is 0 Å². The molecule has 0 aromatic carbocycles. The van der Waals surface area contributed by atoms with E-state index in [1.165, 1.54) is 38.8 Å². The summed E-state index contributed by atoms with van der Waals surface area (Å²) in [5.74, 6) is 0. The molecule has 70 valence electrons. The van der Waals surface area contributed by atoms with Crippen molar-refractivity contribution in [3.05, 3.63) is 0 Å². The average molecular weight is 168 g/mol. The fraction of sp³-hybridized carbons (Fsp3) is 1.00. The van der Waals surface area contributed by atoms with E-state index in [0.29, 0.717) is 5.54 Å². The molecule has 1 N–H and O–H groups in total. The summed E-state index contributed by atoms with van der Waals surface area (Å²) in [5, 5.41) is 3.39. The summed E-state index contributed by atoms with van der Waals surface area (Å²) < 4.78 is 0. The van der Waals surface area contributed by atoms with E-state index in [1.54, 1.807) is 0 Å². The first-order chi connectivity index (χ1) is 5.74. The molecule has 1 aliphatic carbocycles. The third-order valence-electron chi connectivity index (χ3n) is 3.57. The standard InChI is InChI=1S/C10H20N2/c1-10(5-6-10)12-7-3-4-9(8-12)11-2/h9,11H,3-8H2,1-2H3. The van der Waals surface area contributed by atoms with Crippen molar-refractivity contribution in [2.45, 2.75) is 44.2 Å². The van der Waals surface area contributed by atoms with Crippen molar-refractivity contribution in [3.8, 4) is 0 Å². The van der Waals surface area contributed by atoms with Gasteiger partial charge >= 0.3 is 0 Å². The predicted molar refractivity (Wildman–Crippen MR) is 51.3 cm³/mol. The molecule has 0 spiro atoms. The van der Waals surface area contributed by atoms with Crippen molar-refractivity contribution in [2.75, 3.05) is 20.1 Å². The van der Waals surface area contributed by atoms with Gasteiger partial charge < -0.3 is 5.32 Å². The molecule has 1 heterocycles. The molecule has 12 heavy (non-hydrogen) atoms. The van der Waals surface area contributed by atoms with E-state index in [9.17, 15) is 0 Å². The van der Waals surface area contributed by atoms with Gasteiger partial charge in [0.2, 0.25) is 0 Å². The van der Waals surface area contributed by atoms with Gasteiger partial charge in [-0.1, -0.05) is 0 Å². The summed E-state index contributed by atoms with van der Waals surface area (Å²) in [6.07, 6.45) is 5.58. The quantitative estimate of drug-likeness (QED) is 0.667. The molecule has 2 aliphatic rings. The van der Waals surface area contributed by atoms with Crippen LogP contribution in [0.2, 0.25) is 0 Å². The Morgan fingerprint density at radius 3 is 2.75 bits per heavy atom. The van der Waals surface area contributed by atoms with Gasteiger partial charge in [0.25, 0.3) is 0 Å². The van der Waals surface area contributed by atoms with E-state index in [-0.39, 0.29) is 0 Å². The van der Waals surface area contributed by atoms with Crippen LogP contribution in [-0.4, -0.2) is 36.6 Å². The second kappa shape index (κ2) is 3.00. The topological polar surface area (TPSA) is 15.3 Å². The molecular weight excluding hydrogens is 148 g/mol. The van der Waals surface area contributed by atoms with Gasteiger partial charge in [-0.3, -0.25) is 4.90 Å². The Balaban J connectivity index is 1.90. The minimum absolute atomic E-state index is 0.593. The number of nitrogens with zero attached hydrogens (tertiary/aromatic N) is 1. The maximum absolute atomic E-state index is 3.39. The monoisotopic (exact) mass is 168 g/mol.